The van der Waals surface area contributed by atoms with Gasteiger partial charge in [-0.05, 0) is 12.1 Å². The molecule has 22 heavy (non-hydrogen) atoms. The SMILES string of the molecule is COC(=O)C=Cc1c(C(F)(F)F)ccnc1N1CCOCC1. The van der Waals surface area contributed by atoms with Crippen molar-refractivity contribution in [2.75, 3.05) is 38.3 Å². The van der Waals surface area contributed by atoms with E-state index in [0.717, 1.165) is 31.5 Å². The molecule has 120 valence electrons. The third-order valence-corrected chi connectivity index (χ3v) is 3.17. The van der Waals surface area contributed by atoms with Crippen LogP contribution in [0.5, 0.6) is 0 Å². The second-order valence-corrected chi connectivity index (χ2v) is 4.55. The third kappa shape index (κ3) is 3.76. The number of hydrogen-bond donors (Lipinski definition) is 0. The third-order valence-electron chi connectivity index (χ3n) is 3.17. The number of carbonyl (C=O) groups is 1. The van der Waals surface area contributed by atoms with Crippen LogP contribution in [-0.4, -0.2) is 44.4 Å². The summed E-state index contributed by atoms with van der Waals surface area (Å²) >= 11 is 0. The van der Waals surface area contributed by atoms with Gasteiger partial charge in [0.05, 0.1) is 25.9 Å². The van der Waals surface area contributed by atoms with Crippen LogP contribution in [0.15, 0.2) is 18.3 Å². The maximum Gasteiger partial charge on any atom is 0.417 e. The van der Waals surface area contributed by atoms with Crippen molar-refractivity contribution in [3.05, 3.63) is 29.5 Å². The van der Waals surface area contributed by atoms with Gasteiger partial charge in [-0.1, -0.05) is 0 Å². The molecule has 0 spiro atoms. The lowest BCUT2D eigenvalue weighted by Gasteiger charge is -2.29. The summed E-state index contributed by atoms with van der Waals surface area (Å²) in [5, 5.41) is 0. The lowest BCUT2D eigenvalue weighted by Crippen LogP contribution is -2.37. The molecule has 0 bridgehead atoms. The number of halogens is 3. The minimum absolute atomic E-state index is 0.151. The van der Waals surface area contributed by atoms with Crippen LogP contribution < -0.4 is 4.90 Å². The van der Waals surface area contributed by atoms with E-state index in [-0.39, 0.29) is 11.4 Å². The number of esters is 1. The number of anilines is 1. The van der Waals surface area contributed by atoms with E-state index >= 15 is 0 Å². The molecule has 0 amide bonds. The Labute approximate surface area is 125 Å². The molecule has 2 heterocycles. The number of carbonyl (C=O) groups excluding carboxylic acids is 1. The molecule has 1 aliphatic heterocycles. The first kappa shape index (κ1) is 16.3. The van der Waals surface area contributed by atoms with E-state index in [1.807, 2.05) is 0 Å². The first-order valence-electron chi connectivity index (χ1n) is 6.58. The van der Waals surface area contributed by atoms with E-state index in [0.29, 0.717) is 26.3 Å². The predicted octanol–water partition coefficient (Wildman–Crippen LogP) is 2.12. The van der Waals surface area contributed by atoms with E-state index < -0.39 is 17.7 Å². The molecule has 0 unspecified atom stereocenters. The van der Waals surface area contributed by atoms with Crippen molar-refractivity contribution in [1.29, 1.82) is 0 Å². The number of pyridine rings is 1. The van der Waals surface area contributed by atoms with E-state index in [1.54, 1.807) is 4.90 Å². The Balaban J connectivity index is 2.47. The topological polar surface area (TPSA) is 51.7 Å². The average molecular weight is 316 g/mol. The quantitative estimate of drug-likeness (QED) is 0.631. The summed E-state index contributed by atoms with van der Waals surface area (Å²) in [6.45, 7) is 1.71. The van der Waals surface area contributed by atoms with Crippen LogP contribution >= 0.6 is 0 Å². The van der Waals surface area contributed by atoms with Crippen molar-refractivity contribution in [3.63, 3.8) is 0 Å². The number of morpholine rings is 1. The van der Waals surface area contributed by atoms with Gasteiger partial charge in [-0.2, -0.15) is 13.2 Å². The van der Waals surface area contributed by atoms with Gasteiger partial charge in [-0.15, -0.1) is 0 Å². The Morgan fingerprint density at radius 1 is 1.41 bits per heavy atom. The molecule has 0 saturated carbocycles. The first-order valence-corrected chi connectivity index (χ1v) is 6.58. The van der Waals surface area contributed by atoms with E-state index in [9.17, 15) is 18.0 Å². The fourth-order valence-electron chi connectivity index (χ4n) is 2.12. The summed E-state index contributed by atoms with van der Waals surface area (Å²) in [4.78, 5) is 16.9. The number of aromatic nitrogens is 1. The van der Waals surface area contributed by atoms with Crippen LogP contribution in [0.25, 0.3) is 6.08 Å². The molecule has 1 aliphatic rings. The van der Waals surface area contributed by atoms with Gasteiger partial charge in [0.25, 0.3) is 0 Å². The molecule has 1 saturated heterocycles. The normalized spacial score (nSPS) is 16.1. The Morgan fingerprint density at radius 3 is 2.68 bits per heavy atom. The zero-order chi connectivity index (χ0) is 16.2. The molecule has 1 aromatic rings. The monoisotopic (exact) mass is 316 g/mol. The molecule has 0 aromatic carbocycles. The average Bonchev–Trinajstić information content (AvgIpc) is 2.52. The van der Waals surface area contributed by atoms with Crippen LogP contribution in [0.4, 0.5) is 19.0 Å². The Hall–Kier alpha value is -2.09. The summed E-state index contributed by atoms with van der Waals surface area (Å²) < 4.78 is 49.2. The summed E-state index contributed by atoms with van der Waals surface area (Å²) in [6.07, 6.45) is -1.38. The smallest absolute Gasteiger partial charge is 0.417 e. The zero-order valence-electron chi connectivity index (χ0n) is 11.9. The minimum atomic E-state index is -4.54. The highest BCUT2D eigenvalue weighted by Gasteiger charge is 2.35. The van der Waals surface area contributed by atoms with Crippen molar-refractivity contribution in [2.24, 2.45) is 0 Å². The van der Waals surface area contributed by atoms with Crippen molar-refractivity contribution >= 4 is 17.9 Å². The summed E-state index contributed by atoms with van der Waals surface area (Å²) in [5.74, 6) is -0.553. The Bertz CT molecular complexity index is 567. The first-order chi connectivity index (χ1) is 10.4. The number of alkyl halides is 3. The fourth-order valence-corrected chi connectivity index (χ4v) is 2.12. The van der Waals surface area contributed by atoms with Gasteiger partial charge in [0.2, 0.25) is 0 Å². The van der Waals surface area contributed by atoms with E-state index in [2.05, 4.69) is 9.72 Å². The Morgan fingerprint density at radius 2 is 2.09 bits per heavy atom. The molecule has 1 aromatic heterocycles. The lowest BCUT2D eigenvalue weighted by atomic mass is 10.1. The fraction of sp³-hybridized carbons (Fsp3) is 0.429. The number of hydrogen-bond acceptors (Lipinski definition) is 5. The molecule has 1 fully saturated rings. The van der Waals surface area contributed by atoms with Gasteiger partial charge in [-0.25, -0.2) is 9.78 Å². The van der Waals surface area contributed by atoms with Crippen molar-refractivity contribution in [3.8, 4) is 0 Å². The van der Waals surface area contributed by atoms with Crippen LogP contribution in [0, 0.1) is 0 Å². The van der Waals surface area contributed by atoms with Crippen molar-refractivity contribution in [2.45, 2.75) is 6.18 Å². The number of methoxy groups -OCH3 is 1. The highest BCUT2D eigenvalue weighted by molar-refractivity contribution is 5.88. The van der Waals surface area contributed by atoms with Gasteiger partial charge in [0.15, 0.2) is 0 Å². The molecular weight excluding hydrogens is 301 g/mol. The molecule has 8 heteroatoms. The van der Waals surface area contributed by atoms with E-state index in [1.165, 1.54) is 0 Å². The van der Waals surface area contributed by atoms with Gasteiger partial charge < -0.3 is 14.4 Å². The van der Waals surface area contributed by atoms with E-state index in [4.69, 9.17) is 4.74 Å². The number of rotatable bonds is 3. The Kier molecular flexibility index (Phi) is 5.02. The molecule has 2 rings (SSSR count). The van der Waals surface area contributed by atoms with Gasteiger partial charge in [0.1, 0.15) is 5.82 Å². The summed E-state index contributed by atoms with van der Waals surface area (Å²) in [5.41, 5.74) is -0.994. The van der Waals surface area contributed by atoms with Gasteiger partial charge in [-0.3, -0.25) is 0 Å². The molecule has 5 nitrogen and oxygen atoms in total. The molecular formula is C14H15F3N2O3. The van der Waals surface area contributed by atoms with Crippen molar-refractivity contribution < 1.29 is 27.4 Å². The highest BCUT2D eigenvalue weighted by atomic mass is 19.4. The summed E-state index contributed by atoms with van der Waals surface area (Å²) in [6, 6.07) is 0.890. The second kappa shape index (κ2) is 6.78. The van der Waals surface area contributed by atoms with Crippen LogP contribution in [-0.2, 0) is 20.4 Å². The molecule has 0 radical (unpaired) electrons. The number of nitrogens with zero attached hydrogens (tertiary/aromatic N) is 2. The highest BCUT2D eigenvalue weighted by Crippen LogP contribution is 2.36. The molecule has 0 N–H and O–H groups in total. The minimum Gasteiger partial charge on any atom is -0.466 e. The predicted molar refractivity (Wildman–Crippen MR) is 73.3 cm³/mol. The lowest BCUT2D eigenvalue weighted by molar-refractivity contribution is -0.138. The largest absolute Gasteiger partial charge is 0.466 e. The summed E-state index contributed by atoms with van der Waals surface area (Å²) in [7, 11) is 1.16. The number of ether oxygens (including phenoxy) is 2. The van der Waals surface area contributed by atoms with Crippen molar-refractivity contribution in [1.82, 2.24) is 4.98 Å². The maximum absolute atomic E-state index is 13.2. The second-order valence-electron chi connectivity index (χ2n) is 4.55. The standard InChI is InChI=1S/C14H15F3N2O3/c1-21-12(20)3-2-10-11(14(15,16)17)4-5-18-13(10)19-6-8-22-9-7-19/h2-5H,6-9H2,1H3. The molecule has 0 aliphatic carbocycles. The van der Waals surface area contributed by atoms with Gasteiger partial charge in [0, 0.05) is 30.9 Å². The van der Waals surface area contributed by atoms with Crippen LogP contribution in [0.2, 0.25) is 0 Å². The van der Waals surface area contributed by atoms with Crippen LogP contribution in [0.3, 0.4) is 0 Å². The molecule has 0 atom stereocenters. The zero-order valence-corrected chi connectivity index (χ0v) is 11.9. The maximum atomic E-state index is 13.2. The van der Waals surface area contributed by atoms with Crippen LogP contribution in [0.1, 0.15) is 11.1 Å². The van der Waals surface area contributed by atoms with Gasteiger partial charge >= 0.3 is 12.1 Å².